The van der Waals surface area contributed by atoms with Crippen molar-refractivity contribution >= 4 is 22.4 Å². The summed E-state index contributed by atoms with van der Waals surface area (Å²) in [5.74, 6) is 1.75. The van der Waals surface area contributed by atoms with Crippen molar-refractivity contribution in [3.8, 4) is 11.5 Å². The Hall–Kier alpha value is -2.99. The van der Waals surface area contributed by atoms with Crippen molar-refractivity contribution < 1.29 is 14.3 Å². The molecule has 0 bridgehead atoms. The molecule has 152 valence electrons. The first-order valence-electron chi connectivity index (χ1n) is 9.90. The van der Waals surface area contributed by atoms with Crippen LogP contribution in [-0.4, -0.2) is 62.1 Å². The monoisotopic (exact) mass is 393 g/mol. The molecular formula is C23H27N3O3. The Balaban J connectivity index is 1.42. The van der Waals surface area contributed by atoms with E-state index in [1.807, 2.05) is 36.5 Å². The predicted octanol–water partition coefficient (Wildman–Crippen LogP) is 3.58. The van der Waals surface area contributed by atoms with E-state index >= 15 is 0 Å². The highest BCUT2D eigenvalue weighted by molar-refractivity contribution is 6.09. The molecule has 1 aliphatic heterocycles. The van der Waals surface area contributed by atoms with Crippen LogP contribution in [0.1, 0.15) is 17.3 Å². The van der Waals surface area contributed by atoms with Gasteiger partial charge >= 0.3 is 0 Å². The first-order valence-corrected chi connectivity index (χ1v) is 9.90. The zero-order valence-electron chi connectivity index (χ0n) is 17.1. The molecule has 2 heterocycles. The summed E-state index contributed by atoms with van der Waals surface area (Å²) >= 11 is 0. The molecule has 0 unspecified atom stereocenters. The molecule has 6 nitrogen and oxygen atoms in total. The Morgan fingerprint density at radius 1 is 1.07 bits per heavy atom. The van der Waals surface area contributed by atoms with Gasteiger partial charge in [0, 0.05) is 54.0 Å². The van der Waals surface area contributed by atoms with Crippen LogP contribution >= 0.6 is 0 Å². The zero-order chi connectivity index (χ0) is 20.4. The van der Waals surface area contributed by atoms with Crippen LogP contribution in [0.5, 0.6) is 11.5 Å². The third-order valence-corrected chi connectivity index (χ3v) is 5.67. The standard InChI is InChI=1S/C23H27N3O3/c1-16-14-25(10-11-26(16)17-4-6-18(28-2)7-5-17)15-23(27)21-13-24-22-9-8-19(29-3)12-20(21)22/h4-9,12-13,16,24H,10-11,14-15H2,1-3H3/t16-/m0/s1. The number of aromatic amines is 1. The van der Waals surface area contributed by atoms with Crippen molar-refractivity contribution in [3.63, 3.8) is 0 Å². The fourth-order valence-electron chi connectivity index (χ4n) is 4.08. The van der Waals surface area contributed by atoms with Crippen LogP contribution in [0.2, 0.25) is 0 Å². The molecule has 0 aliphatic carbocycles. The summed E-state index contributed by atoms with van der Waals surface area (Å²) < 4.78 is 10.6. The van der Waals surface area contributed by atoms with Gasteiger partial charge in [-0.05, 0) is 49.4 Å². The first kappa shape index (κ1) is 19.3. The number of carbonyl (C=O) groups excluding carboxylic acids is 1. The van der Waals surface area contributed by atoms with E-state index < -0.39 is 0 Å². The second-order valence-corrected chi connectivity index (χ2v) is 7.51. The second-order valence-electron chi connectivity index (χ2n) is 7.51. The number of aromatic nitrogens is 1. The van der Waals surface area contributed by atoms with Gasteiger partial charge in [0.1, 0.15) is 11.5 Å². The van der Waals surface area contributed by atoms with Crippen molar-refractivity contribution in [1.82, 2.24) is 9.88 Å². The summed E-state index contributed by atoms with van der Waals surface area (Å²) in [5, 5.41) is 0.916. The van der Waals surface area contributed by atoms with Crippen LogP contribution in [0, 0.1) is 0 Å². The molecule has 0 saturated carbocycles. The average molecular weight is 393 g/mol. The number of hydrogen-bond donors (Lipinski definition) is 1. The molecule has 4 rings (SSSR count). The molecule has 3 aromatic rings. The number of H-pyrrole nitrogens is 1. The maximum Gasteiger partial charge on any atom is 0.178 e. The van der Waals surface area contributed by atoms with Gasteiger partial charge < -0.3 is 19.4 Å². The number of methoxy groups -OCH3 is 2. The molecule has 1 N–H and O–H groups in total. The van der Waals surface area contributed by atoms with E-state index in [1.165, 1.54) is 5.69 Å². The Labute approximate surface area is 171 Å². The third-order valence-electron chi connectivity index (χ3n) is 5.67. The lowest BCUT2D eigenvalue weighted by Gasteiger charge is -2.41. The summed E-state index contributed by atoms with van der Waals surface area (Å²) in [6, 6.07) is 14.3. The van der Waals surface area contributed by atoms with Gasteiger partial charge in [0.2, 0.25) is 0 Å². The minimum Gasteiger partial charge on any atom is -0.497 e. The van der Waals surface area contributed by atoms with E-state index in [0.29, 0.717) is 12.6 Å². The number of ketones is 1. The van der Waals surface area contributed by atoms with Gasteiger partial charge in [0.05, 0.1) is 20.8 Å². The highest BCUT2D eigenvalue weighted by Crippen LogP contribution is 2.26. The number of nitrogens with one attached hydrogen (secondary N) is 1. The van der Waals surface area contributed by atoms with E-state index in [2.05, 4.69) is 33.8 Å². The smallest absolute Gasteiger partial charge is 0.178 e. The molecule has 6 heteroatoms. The molecular weight excluding hydrogens is 366 g/mol. The van der Waals surface area contributed by atoms with E-state index in [0.717, 1.165) is 47.6 Å². The van der Waals surface area contributed by atoms with Crippen LogP contribution in [0.25, 0.3) is 10.9 Å². The minimum absolute atomic E-state index is 0.134. The molecule has 1 aliphatic rings. The first-order chi connectivity index (χ1) is 14.1. The Kier molecular flexibility index (Phi) is 5.45. The number of anilines is 1. The second kappa shape index (κ2) is 8.17. The molecule has 0 radical (unpaired) electrons. The van der Waals surface area contributed by atoms with Gasteiger partial charge in [0.25, 0.3) is 0 Å². The van der Waals surface area contributed by atoms with Gasteiger partial charge in [-0.25, -0.2) is 0 Å². The van der Waals surface area contributed by atoms with E-state index in [9.17, 15) is 4.79 Å². The molecule has 29 heavy (non-hydrogen) atoms. The summed E-state index contributed by atoms with van der Waals surface area (Å²) in [4.78, 5) is 20.8. The fourth-order valence-corrected chi connectivity index (χ4v) is 4.08. The van der Waals surface area contributed by atoms with Gasteiger partial charge in [-0.15, -0.1) is 0 Å². The van der Waals surface area contributed by atoms with E-state index in [-0.39, 0.29) is 5.78 Å². The van der Waals surface area contributed by atoms with Gasteiger partial charge in [-0.2, -0.15) is 0 Å². The van der Waals surface area contributed by atoms with E-state index in [1.54, 1.807) is 14.2 Å². The normalized spacial score (nSPS) is 17.5. The maximum absolute atomic E-state index is 13.0. The lowest BCUT2D eigenvalue weighted by Crippen LogP contribution is -2.53. The lowest BCUT2D eigenvalue weighted by atomic mass is 10.1. The Morgan fingerprint density at radius 3 is 2.48 bits per heavy atom. The molecule has 1 fully saturated rings. The van der Waals surface area contributed by atoms with Crippen LogP contribution in [-0.2, 0) is 0 Å². The SMILES string of the molecule is COc1ccc(N2CCN(CC(=O)c3c[nH]c4ccc(OC)cc34)C[C@@H]2C)cc1. The van der Waals surface area contributed by atoms with Crippen molar-refractivity contribution in [3.05, 3.63) is 54.2 Å². The fraction of sp³-hybridized carbons (Fsp3) is 0.348. The molecule has 1 saturated heterocycles. The van der Waals surface area contributed by atoms with Gasteiger partial charge in [-0.3, -0.25) is 9.69 Å². The number of hydrogen-bond acceptors (Lipinski definition) is 5. The number of fused-ring (bicyclic) bond motifs is 1. The summed E-state index contributed by atoms with van der Waals surface area (Å²) in [7, 11) is 3.32. The quantitative estimate of drug-likeness (QED) is 0.649. The van der Waals surface area contributed by atoms with Gasteiger partial charge in [0.15, 0.2) is 5.78 Å². The van der Waals surface area contributed by atoms with Crippen LogP contribution in [0.4, 0.5) is 5.69 Å². The molecule has 2 aromatic carbocycles. The van der Waals surface area contributed by atoms with Gasteiger partial charge in [-0.1, -0.05) is 0 Å². The van der Waals surface area contributed by atoms with Crippen molar-refractivity contribution in [1.29, 1.82) is 0 Å². The highest BCUT2D eigenvalue weighted by Gasteiger charge is 2.26. The van der Waals surface area contributed by atoms with Crippen LogP contribution < -0.4 is 14.4 Å². The van der Waals surface area contributed by atoms with E-state index in [4.69, 9.17) is 9.47 Å². The predicted molar refractivity (Wildman–Crippen MR) is 115 cm³/mol. The summed E-state index contributed by atoms with van der Waals surface area (Å²) in [6.07, 6.45) is 1.81. The maximum atomic E-state index is 13.0. The number of rotatable bonds is 6. The summed E-state index contributed by atoms with van der Waals surface area (Å²) in [5.41, 5.74) is 2.86. The number of nitrogens with zero attached hydrogens (tertiary/aromatic N) is 2. The molecule has 1 aromatic heterocycles. The van der Waals surface area contributed by atoms with Crippen molar-refractivity contribution in [2.45, 2.75) is 13.0 Å². The zero-order valence-corrected chi connectivity index (χ0v) is 17.1. The average Bonchev–Trinajstić information content (AvgIpc) is 3.17. The molecule has 0 spiro atoms. The Morgan fingerprint density at radius 2 is 1.79 bits per heavy atom. The third kappa shape index (κ3) is 3.93. The summed E-state index contributed by atoms with van der Waals surface area (Å²) in [6.45, 7) is 5.22. The lowest BCUT2D eigenvalue weighted by molar-refractivity contribution is 0.0919. The number of piperazine rings is 1. The highest BCUT2D eigenvalue weighted by atomic mass is 16.5. The number of ether oxygens (including phenoxy) is 2. The number of Topliss-reactive ketones (excluding diaryl/α,β-unsaturated/α-hetero) is 1. The number of benzene rings is 2. The van der Waals surface area contributed by atoms with Crippen molar-refractivity contribution in [2.24, 2.45) is 0 Å². The van der Waals surface area contributed by atoms with Crippen LogP contribution in [0.15, 0.2) is 48.7 Å². The van der Waals surface area contributed by atoms with Crippen LogP contribution in [0.3, 0.4) is 0 Å². The Bertz CT molecular complexity index is 996. The molecule has 0 amide bonds. The minimum atomic E-state index is 0.134. The topological polar surface area (TPSA) is 57.8 Å². The molecule has 1 atom stereocenters. The van der Waals surface area contributed by atoms with Crippen molar-refractivity contribution in [2.75, 3.05) is 45.3 Å². The largest absolute Gasteiger partial charge is 0.497 e. The number of carbonyl (C=O) groups is 1.